The number of nitrogens with zero attached hydrogens (tertiary/aromatic N) is 1. The molecule has 0 spiro atoms. The molecule has 1 N–H and O–H groups in total. The summed E-state index contributed by atoms with van der Waals surface area (Å²) in [5, 5.41) is 14.6. The Morgan fingerprint density at radius 2 is 1.76 bits per heavy atom. The van der Waals surface area contributed by atoms with Gasteiger partial charge < -0.3 is 9.67 Å². The molecule has 0 aliphatic carbocycles. The van der Waals surface area contributed by atoms with Crippen LogP contribution in [0.2, 0.25) is 0 Å². The molecule has 0 atom stereocenters. The largest absolute Gasteiger partial charge is 0.478 e. The van der Waals surface area contributed by atoms with Crippen LogP contribution < -0.4 is 0 Å². The van der Waals surface area contributed by atoms with Crippen molar-refractivity contribution in [2.45, 2.75) is 0 Å². The lowest BCUT2D eigenvalue weighted by Crippen LogP contribution is -1.97. The summed E-state index contributed by atoms with van der Waals surface area (Å²) in [5.74, 6) is -0.903. The second-order valence-electron chi connectivity index (χ2n) is 4.84. The van der Waals surface area contributed by atoms with E-state index in [1.165, 1.54) is 0 Å². The standard InChI is InChI=1S/C17H11NO2S/c19-17(20)11-7-8-13-12-4-1-2-5-14(12)18(15(13)10-11)16-6-3-9-21-16/h1-10H,(H,19,20). The number of hydrogen-bond donors (Lipinski definition) is 1. The number of thiophene rings is 1. The molecular weight excluding hydrogens is 282 g/mol. The smallest absolute Gasteiger partial charge is 0.335 e. The molecular formula is C17H11NO2S. The number of carboxylic acid groups (broad SMARTS) is 1. The Bertz CT molecular complexity index is 967. The SMILES string of the molecule is O=C(O)c1ccc2c3ccccc3n(-c3cccs3)c2c1. The maximum Gasteiger partial charge on any atom is 0.335 e. The lowest BCUT2D eigenvalue weighted by Gasteiger charge is -2.04. The van der Waals surface area contributed by atoms with Crippen molar-refractivity contribution < 1.29 is 9.90 Å². The quantitative estimate of drug-likeness (QED) is 0.589. The van der Waals surface area contributed by atoms with Crippen LogP contribution in [0.4, 0.5) is 0 Å². The third-order valence-corrected chi connectivity index (χ3v) is 4.50. The number of aromatic nitrogens is 1. The van der Waals surface area contributed by atoms with E-state index in [2.05, 4.69) is 16.7 Å². The predicted octanol–water partition coefficient (Wildman–Crippen LogP) is 4.54. The molecule has 0 aliphatic heterocycles. The zero-order valence-electron chi connectivity index (χ0n) is 11.0. The van der Waals surface area contributed by atoms with Crippen LogP contribution in [0.15, 0.2) is 60.0 Å². The number of benzene rings is 2. The monoisotopic (exact) mass is 293 g/mol. The molecule has 2 aromatic heterocycles. The molecule has 0 saturated carbocycles. The topological polar surface area (TPSA) is 42.2 Å². The van der Waals surface area contributed by atoms with Gasteiger partial charge in [-0.1, -0.05) is 24.3 Å². The lowest BCUT2D eigenvalue weighted by atomic mass is 10.1. The molecule has 102 valence electrons. The van der Waals surface area contributed by atoms with Crippen molar-refractivity contribution in [3.8, 4) is 5.00 Å². The Kier molecular flexibility index (Phi) is 2.59. The number of para-hydroxylation sites is 1. The van der Waals surface area contributed by atoms with E-state index < -0.39 is 5.97 Å². The van der Waals surface area contributed by atoms with Gasteiger partial charge in [0.15, 0.2) is 0 Å². The average Bonchev–Trinajstić information content (AvgIpc) is 3.11. The molecule has 0 saturated heterocycles. The fourth-order valence-electron chi connectivity index (χ4n) is 2.74. The molecule has 4 aromatic rings. The first kappa shape index (κ1) is 12.2. The van der Waals surface area contributed by atoms with Gasteiger partial charge in [-0.15, -0.1) is 11.3 Å². The molecule has 4 rings (SSSR count). The van der Waals surface area contributed by atoms with Crippen molar-refractivity contribution >= 4 is 39.1 Å². The molecule has 0 fully saturated rings. The van der Waals surface area contributed by atoms with Crippen LogP contribution in [0.5, 0.6) is 0 Å². The van der Waals surface area contributed by atoms with E-state index in [1.807, 2.05) is 35.7 Å². The Labute approximate surface area is 124 Å². The van der Waals surface area contributed by atoms with Gasteiger partial charge in [0.2, 0.25) is 0 Å². The molecule has 21 heavy (non-hydrogen) atoms. The van der Waals surface area contributed by atoms with Crippen molar-refractivity contribution in [1.82, 2.24) is 4.57 Å². The summed E-state index contributed by atoms with van der Waals surface area (Å²) in [5.41, 5.74) is 2.33. The van der Waals surface area contributed by atoms with Crippen molar-refractivity contribution in [1.29, 1.82) is 0 Å². The van der Waals surface area contributed by atoms with E-state index in [4.69, 9.17) is 0 Å². The number of aromatic carboxylic acids is 1. The number of hydrogen-bond acceptors (Lipinski definition) is 2. The zero-order chi connectivity index (χ0) is 14.4. The number of carbonyl (C=O) groups is 1. The zero-order valence-corrected chi connectivity index (χ0v) is 11.8. The van der Waals surface area contributed by atoms with E-state index in [9.17, 15) is 9.90 Å². The summed E-state index contributed by atoms with van der Waals surface area (Å²) in [6, 6.07) is 17.5. The molecule has 0 amide bonds. The van der Waals surface area contributed by atoms with E-state index >= 15 is 0 Å². The Hall–Kier alpha value is -2.59. The number of rotatable bonds is 2. The fraction of sp³-hybridized carbons (Fsp3) is 0. The minimum absolute atomic E-state index is 0.308. The number of carboxylic acids is 1. The van der Waals surface area contributed by atoms with Gasteiger partial charge in [-0.25, -0.2) is 4.79 Å². The van der Waals surface area contributed by atoms with Gasteiger partial charge in [0, 0.05) is 10.8 Å². The van der Waals surface area contributed by atoms with Crippen LogP contribution >= 0.6 is 11.3 Å². The molecule has 2 heterocycles. The first-order valence-electron chi connectivity index (χ1n) is 6.56. The van der Waals surface area contributed by atoms with Gasteiger partial charge in [0.05, 0.1) is 21.6 Å². The highest BCUT2D eigenvalue weighted by Gasteiger charge is 2.14. The maximum absolute atomic E-state index is 11.3. The minimum atomic E-state index is -0.903. The minimum Gasteiger partial charge on any atom is -0.478 e. The van der Waals surface area contributed by atoms with Crippen molar-refractivity contribution in [3.63, 3.8) is 0 Å². The van der Waals surface area contributed by atoms with Gasteiger partial charge in [0.1, 0.15) is 0 Å². The first-order valence-corrected chi connectivity index (χ1v) is 7.44. The van der Waals surface area contributed by atoms with Crippen LogP contribution in [-0.4, -0.2) is 15.6 Å². The third-order valence-electron chi connectivity index (χ3n) is 3.65. The third kappa shape index (κ3) is 1.76. The van der Waals surface area contributed by atoms with E-state index in [0.29, 0.717) is 5.56 Å². The number of fused-ring (bicyclic) bond motifs is 3. The summed E-state index contributed by atoms with van der Waals surface area (Å²) in [6.07, 6.45) is 0. The normalized spacial score (nSPS) is 11.2. The van der Waals surface area contributed by atoms with Gasteiger partial charge >= 0.3 is 5.97 Å². The van der Waals surface area contributed by atoms with Crippen LogP contribution in [0.3, 0.4) is 0 Å². The van der Waals surface area contributed by atoms with Crippen molar-refractivity contribution in [3.05, 3.63) is 65.5 Å². The van der Waals surface area contributed by atoms with Gasteiger partial charge in [-0.3, -0.25) is 0 Å². The van der Waals surface area contributed by atoms with Crippen LogP contribution in [0, 0.1) is 0 Å². The van der Waals surface area contributed by atoms with Crippen LogP contribution in [0.1, 0.15) is 10.4 Å². The summed E-state index contributed by atoms with van der Waals surface area (Å²) in [6.45, 7) is 0. The van der Waals surface area contributed by atoms with Crippen LogP contribution in [0.25, 0.3) is 26.8 Å². The summed E-state index contributed by atoms with van der Waals surface area (Å²) in [7, 11) is 0. The summed E-state index contributed by atoms with van der Waals surface area (Å²) >= 11 is 1.64. The predicted molar refractivity (Wildman–Crippen MR) is 85.6 cm³/mol. The highest BCUT2D eigenvalue weighted by atomic mass is 32.1. The van der Waals surface area contributed by atoms with Crippen molar-refractivity contribution in [2.75, 3.05) is 0 Å². The van der Waals surface area contributed by atoms with E-state index in [-0.39, 0.29) is 0 Å². The molecule has 0 bridgehead atoms. The van der Waals surface area contributed by atoms with Crippen molar-refractivity contribution in [2.24, 2.45) is 0 Å². The molecule has 0 aliphatic rings. The first-order chi connectivity index (χ1) is 10.3. The second kappa shape index (κ2) is 4.46. The second-order valence-corrected chi connectivity index (χ2v) is 5.77. The maximum atomic E-state index is 11.3. The fourth-order valence-corrected chi connectivity index (χ4v) is 3.49. The Morgan fingerprint density at radius 1 is 0.952 bits per heavy atom. The highest BCUT2D eigenvalue weighted by molar-refractivity contribution is 7.12. The molecule has 0 radical (unpaired) electrons. The molecule has 3 nitrogen and oxygen atoms in total. The average molecular weight is 293 g/mol. The van der Waals surface area contributed by atoms with Gasteiger partial charge in [0.25, 0.3) is 0 Å². The van der Waals surface area contributed by atoms with Gasteiger partial charge in [-0.05, 0) is 35.7 Å². The highest BCUT2D eigenvalue weighted by Crippen LogP contribution is 2.33. The van der Waals surface area contributed by atoms with Gasteiger partial charge in [-0.2, -0.15) is 0 Å². The molecule has 0 unspecified atom stereocenters. The van der Waals surface area contributed by atoms with E-state index in [0.717, 1.165) is 26.8 Å². The van der Waals surface area contributed by atoms with Crippen LogP contribution in [-0.2, 0) is 0 Å². The molecule has 2 aromatic carbocycles. The Morgan fingerprint density at radius 3 is 2.52 bits per heavy atom. The summed E-state index contributed by atoms with van der Waals surface area (Å²) < 4.78 is 2.13. The lowest BCUT2D eigenvalue weighted by molar-refractivity contribution is 0.0697. The molecule has 4 heteroatoms. The Balaban J connectivity index is 2.20. The summed E-state index contributed by atoms with van der Waals surface area (Å²) in [4.78, 5) is 11.3. The van der Waals surface area contributed by atoms with E-state index in [1.54, 1.807) is 23.5 Å².